The third-order valence-corrected chi connectivity index (χ3v) is 5.54. The van der Waals surface area contributed by atoms with Crippen LogP contribution in [0, 0.1) is 5.92 Å². The van der Waals surface area contributed by atoms with E-state index in [9.17, 15) is 0 Å². The average molecular weight is 329 g/mol. The van der Waals surface area contributed by atoms with Gasteiger partial charge in [0, 0.05) is 12.1 Å². The van der Waals surface area contributed by atoms with Gasteiger partial charge in [0.2, 0.25) is 0 Å². The molecule has 0 bridgehead atoms. The van der Waals surface area contributed by atoms with Crippen LogP contribution in [0.5, 0.6) is 0 Å². The molecule has 3 atom stereocenters. The van der Waals surface area contributed by atoms with E-state index in [1.807, 2.05) is 12.1 Å². The summed E-state index contributed by atoms with van der Waals surface area (Å²) in [5, 5.41) is 1.18. The number of nitrogens with zero attached hydrogens (tertiary/aromatic N) is 1. The molecule has 2 rings (SSSR count). The van der Waals surface area contributed by atoms with Crippen molar-refractivity contribution < 1.29 is 0 Å². The maximum Gasteiger partial charge on any atom is 0.0640 e. The van der Waals surface area contributed by atoms with Crippen LogP contribution in [0.4, 0.5) is 0 Å². The van der Waals surface area contributed by atoms with Crippen molar-refractivity contribution in [2.75, 3.05) is 13.6 Å². The van der Waals surface area contributed by atoms with E-state index in [-0.39, 0.29) is 6.04 Å². The SMILES string of the molecule is CC1CCCC(N(C)CCC(N)c2cccc(Cl)c2Cl)C1. The van der Waals surface area contributed by atoms with E-state index in [0.29, 0.717) is 16.1 Å². The maximum absolute atomic E-state index is 6.30. The van der Waals surface area contributed by atoms with Gasteiger partial charge in [0.15, 0.2) is 0 Å². The second-order valence-electron chi connectivity index (χ2n) is 6.44. The highest BCUT2D eigenvalue weighted by Gasteiger charge is 2.23. The molecule has 1 aliphatic carbocycles. The van der Waals surface area contributed by atoms with Crippen LogP contribution >= 0.6 is 23.2 Å². The minimum absolute atomic E-state index is 0.0559. The van der Waals surface area contributed by atoms with Crippen molar-refractivity contribution in [1.29, 1.82) is 0 Å². The van der Waals surface area contributed by atoms with Gasteiger partial charge in [-0.1, -0.05) is 55.1 Å². The lowest BCUT2D eigenvalue weighted by Crippen LogP contribution is -2.37. The second kappa shape index (κ2) is 7.82. The summed E-state index contributed by atoms with van der Waals surface area (Å²) in [7, 11) is 2.22. The molecule has 0 heterocycles. The molecule has 1 aliphatic rings. The Hall–Kier alpha value is -0.280. The first kappa shape index (κ1) is 17.1. The first-order valence-electron chi connectivity index (χ1n) is 7.88. The largest absolute Gasteiger partial charge is 0.324 e. The standard InChI is InChI=1S/C17H26Cl2N2/c1-12-5-3-6-13(11-12)21(2)10-9-16(20)14-7-4-8-15(18)17(14)19/h4,7-8,12-13,16H,3,5-6,9-11,20H2,1-2H3. The predicted octanol–water partition coefficient (Wildman–Crippen LogP) is 4.89. The highest BCUT2D eigenvalue weighted by Crippen LogP contribution is 2.31. The zero-order valence-electron chi connectivity index (χ0n) is 13.0. The van der Waals surface area contributed by atoms with Crippen molar-refractivity contribution in [1.82, 2.24) is 4.90 Å². The summed E-state index contributed by atoms with van der Waals surface area (Å²) in [6.07, 6.45) is 6.25. The monoisotopic (exact) mass is 328 g/mol. The van der Waals surface area contributed by atoms with Crippen LogP contribution in [-0.4, -0.2) is 24.5 Å². The quantitative estimate of drug-likeness (QED) is 0.833. The Morgan fingerprint density at radius 2 is 2.10 bits per heavy atom. The number of rotatable bonds is 5. The van der Waals surface area contributed by atoms with Crippen LogP contribution in [0.3, 0.4) is 0 Å². The Bertz CT molecular complexity index is 464. The molecule has 0 spiro atoms. The van der Waals surface area contributed by atoms with Gasteiger partial charge in [0.05, 0.1) is 10.0 Å². The summed E-state index contributed by atoms with van der Waals surface area (Å²) in [4.78, 5) is 2.47. The molecule has 1 fully saturated rings. The van der Waals surface area contributed by atoms with E-state index < -0.39 is 0 Å². The van der Waals surface area contributed by atoms with Crippen molar-refractivity contribution in [3.05, 3.63) is 33.8 Å². The molecule has 1 saturated carbocycles. The second-order valence-corrected chi connectivity index (χ2v) is 7.23. The number of benzene rings is 1. The molecule has 118 valence electrons. The van der Waals surface area contributed by atoms with Crippen molar-refractivity contribution in [3.63, 3.8) is 0 Å². The van der Waals surface area contributed by atoms with E-state index in [1.54, 1.807) is 6.07 Å². The summed E-state index contributed by atoms with van der Waals surface area (Å²) < 4.78 is 0. The van der Waals surface area contributed by atoms with Gasteiger partial charge in [0.1, 0.15) is 0 Å². The highest BCUT2D eigenvalue weighted by molar-refractivity contribution is 6.42. The molecule has 1 aromatic carbocycles. The van der Waals surface area contributed by atoms with Gasteiger partial charge in [-0.05, 0) is 50.4 Å². The molecule has 4 heteroatoms. The number of hydrogen-bond acceptors (Lipinski definition) is 2. The molecule has 0 aliphatic heterocycles. The van der Waals surface area contributed by atoms with E-state index >= 15 is 0 Å². The van der Waals surface area contributed by atoms with Crippen molar-refractivity contribution >= 4 is 23.2 Å². The summed E-state index contributed by atoms with van der Waals surface area (Å²) >= 11 is 12.3. The van der Waals surface area contributed by atoms with E-state index in [4.69, 9.17) is 28.9 Å². The summed E-state index contributed by atoms with van der Waals surface area (Å²) in [6.45, 7) is 3.36. The average Bonchev–Trinajstić information content (AvgIpc) is 2.47. The number of nitrogens with two attached hydrogens (primary N) is 1. The van der Waals surface area contributed by atoms with Crippen molar-refractivity contribution in [2.45, 2.75) is 51.1 Å². The highest BCUT2D eigenvalue weighted by atomic mass is 35.5. The Labute approximate surface area is 138 Å². The van der Waals surface area contributed by atoms with Crippen molar-refractivity contribution in [2.24, 2.45) is 11.7 Å². The van der Waals surface area contributed by atoms with Crippen LogP contribution in [0.25, 0.3) is 0 Å². The minimum atomic E-state index is -0.0559. The Morgan fingerprint density at radius 3 is 2.81 bits per heavy atom. The number of hydrogen-bond donors (Lipinski definition) is 1. The zero-order chi connectivity index (χ0) is 15.4. The van der Waals surface area contributed by atoms with Crippen LogP contribution in [0.15, 0.2) is 18.2 Å². The lowest BCUT2D eigenvalue weighted by atomic mass is 9.86. The fourth-order valence-corrected chi connectivity index (χ4v) is 3.74. The van der Waals surface area contributed by atoms with Gasteiger partial charge in [-0.2, -0.15) is 0 Å². The smallest absolute Gasteiger partial charge is 0.0640 e. The Kier molecular flexibility index (Phi) is 6.36. The first-order valence-corrected chi connectivity index (χ1v) is 8.64. The van der Waals surface area contributed by atoms with Gasteiger partial charge in [-0.3, -0.25) is 0 Å². The third-order valence-electron chi connectivity index (χ3n) is 4.71. The lowest BCUT2D eigenvalue weighted by Gasteiger charge is -2.34. The summed E-state index contributed by atoms with van der Waals surface area (Å²) in [5.41, 5.74) is 7.25. The fraction of sp³-hybridized carbons (Fsp3) is 0.647. The fourth-order valence-electron chi connectivity index (χ4n) is 3.29. The molecule has 0 radical (unpaired) electrons. The molecule has 2 N–H and O–H groups in total. The van der Waals surface area contributed by atoms with Crippen molar-refractivity contribution in [3.8, 4) is 0 Å². The Morgan fingerprint density at radius 1 is 1.33 bits per heavy atom. The Balaban J connectivity index is 1.88. The molecule has 3 unspecified atom stereocenters. The molecule has 0 saturated heterocycles. The van der Waals surface area contributed by atoms with Gasteiger partial charge in [-0.15, -0.1) is 0 Å². The van der Waals surface area contributed by atoms with E-state index in [1.165, 1.54) is 25.7 Å². The van der Waals surface area contributed by atoms with Crippen LogP contribution in [0.2, 0.25) is 10.0 Å². The maximum atomic E-state index is 6.30. The van der Waals surface area contributed by atoms with Gasteiger partial charge in [0.25, 0.3) is 0 Å². The zero-order valence-corrected chi connectivity index (χ0v) is 14.5. The topological polar surface area (TPSA) is 29.3 Å². The molecule has 1 aromatic rings. The lowest BCUT2D eigenvalue weighted by molar-refractivity contribution is 0.160. The van der Waals surface area contributed by atoms with Crippen LogP contribution in [-0.2, 0) is 0 Å². The molecule has 0 amide bonds. The molecular weight excluding hydrogens is 303 g/mol. The predicted molar refractivity (Wildman–Crippen MR) is 92.1 cm³/mol. The molecular formula is C17H26Cl2N2. The van der Waals surface area contributed by atoms with Gasteiger partial charge in [-0.25, -0.2) is 0 Å². The molecule has 21 heavy (non-hydrogen) atoms. The summed E-state index contributed by atoms with van der Waals surface area (Å²) in [6, 6.07) is 6.34. The minimum Gasteiger partial charge on any atom is -0.324 e. The van der Waals surface area contributed by atoms with E-state index in [0.717, 1.165) is 24.4 Å². The number of halogens is 2. The summed E-state index contributed by atoms with van der Waals surface area (Å²) in [5.74, 6) is 0.849. The molecule has 0 aromatic heterocycles. The van der Waals surface area contributed by atoms with Gasteiger partial charge >= 0.3 is 0 Å². The first-order chi connectivity index (χ1) is 9.99. The van der Waals surface area contributed by atoms with Crippen LogP contribution < -0.4 is 5.73 Å². The molecule has 2 nitrogen and oxygen atoms in total. The van der Waals surface area contributed by atoms with Gasteiger partial charge < -0.3 is 10.6 Å². The third kappa shape index (κ3) is 4.59. The normalized spacial score (nSPS) is 24.3. The van der Waals surface area contributed by atoms with Crippen LogP contribution in [0.1, 0.15) is 50.6 Å². The van der Waals surface area contributed by atoms with E-state index in [2.05, 4.69) is 18.9 Å².